The van der Waals surface area contributed by atoms with Crippen molar-refractivity contribution in [3.63, 3.8) is 0 Å². The predicted molar refractivity (Wildman–Crippen MR) is 129 cm³/mol. The first-order valence-electron chi connectivity index (χ1n) is 11.5. The van der Waals surface area contributed by atoms with Crippen LogP contribution in [0.15, 0.2) is 59.6 Å². The molecule has 1 atom stereocenters. The summed E-state index contributed by atoms with van der Waals surface area (Å²) in [7, 11) is -3.50. The molecule has 1 amide bonds. The summed E-state index contributed by atoms with van der Waals surface area (Å²) >= 11 is 0. The van der Waals surface area contributed by atoms with Crippen molar-refractivity contribution >= 4 is 26.8 Å². The van der Waals surface area contributed by atoms with Crippen molar-refractivity contribution in [1.82, 2.24) is 14.2 Å². The maximum atomic E-state index is 13.0. The summed E-state index contributed by atoms with van der Waals surface area (Å²) in [4.78, 5) is 13.2. The fourth-order valence-electron chi connectivity index (χ4n) is 4.30. The average molecular weight is 470 g/mol. The smallest absolute Gasteiger partial charge is 0.243 e. The van der Waals surface area contributed by atoms with E-state index in [1.165, 1.54) is 0 Å². The Kier molecular flexibility index (Phi) is 7.05. The molecule has 2 aromatic carbocycles. The molecule has 1 N–H and O–H groups in total. The van der Waals surface area contributed by atoms with Crippen LogP contribution in [0.5, 0.6) is 5.75 Å². The fourth-order valence-corrected chi connectivity index (χ4v) is 5.85. The van der Waals surface area contributed by atoms with E-state index < -0.39 is 16.1 Å². The molecule has 33 heavy (non-hydrogen) atoms. The Labute approximate surface area is 195 Å². The van der Waals surface area contributed by atoms with Gasteiger partial charge in [-0.05, 0) is 57.0 Å². The van der Waals surface area contributed by atoms with Crippen molar-refractivity contribution in [3.05, 3.63) is 60.3 Å². The number of sulfonamides is 1. The quantitative estimate of drug-likeness (QED) is 0.539. The molecule has 4 rings (SSSR count). The average Bonchev–Trinajstić information content (AvgIpc) is 3.27. The summed E-state index contributed by atoms with van der Waals surface area (Å²) in [5, 5.41) is 3.79. The molecule has 0 spiro atoms. The largest absolute Gasteiger partial charge is 0.494 e. The zero-order chi connectivity index (χ0) is 23.4. The zero-order valence-electron chi connectivity index (χ0n) is 19.2. The number of ether oxygens (including phenoxy) is 1. The van der Waals surface area contributed by atoms with Gasteiger partial charge in [-0.3, -0.25) is 4.79 Å². The fraction of sp³-hybridized carbons (Fsp3) is 0.400. The minimum Gasteiger partial charge on any atom is -0.494 e. The van der Waals surface area contributed by atoms with Gasteiger partial charge in [0.25, 0.3) is 0 Å². The molecule has 0 radical (unpaired) electrons. The van der Waals surface area contributed by atoms with Gasteiger partial charge in [-0.25, -0.2) is 8.42 Å². The lowest BCUT2D eigenvalue weighted by atomic mass is 10.2. The summed E-state index contributed by atoms with van der Waals surface area (Å²) in [6.07, 6.45) is 4.71. The van der Waals surface area contributed by atoms with Gasteiger partial charge in [-0.2, -0.15) is 4.31 Å². The van der Waals surface area contributed by atoms with E-state index in [4.69, 9.17) is 4.74 Å². The lowest BCUT2D eigenvalue weighted by Gasteiger charge is -2.26. The molecule has 1 saturated heterocycles. The van der Waals surface area contributed by atoms with Crippen molar-refractivity contribution in [2.24, 2.45) is 0 Å². The number of carbonyl (C=O) groups is 1. The Hall–Kier alpha value is -2.84. The Bertz CT molecular complexity index is 1230. The molecule has 1 fully saturated rings. The van der Waals surface area contributed by atoms with E-state index in [1.807, 2.05) is 54.9 Å². The lowest BCUT2D eigenvalue weighted by Crippen LogP contribution is -2.35. The topological polar surface area (TPSA) is 80.6 Å². The van der Waals surface area contributed by atoms with E-state index in [2.05, 4.69) is 5.32 Å². The van der Waals surface area contributed by atoms with Gasteiger partial charge in [0.2, 0.25) is 15.9 Å². The highest BCUT2D eigenvalue weighted by Crippen LogP contribution is 2.27. The summed E-state index contributed by atoms with van der Waals surface area (Å²) in [6, 6.07) is 14.2. The number of carbonyl (C=O) groups excluding carboxylic acids is 1. The van der Waals surface area contributed by atoms with Crippen molar-refractivity contribution in [2.45, 2.75) is 50.6 Å². The van der Waals surface area contributed by atoms with Crippen molar-refractivity contribution in [3.8, 4) is 5.75 Å². The SMILES string of the molecule is CCOc1ccccc1CNC(=O)[C@@H](C)n1ccc2cc(S(=O)(=O)N3CCCCC3)ccc21. The highest BCUT2D eigenvalue weighted by molar-refractivity contribution is 7.89. The normalized spacial score (nSPS) is 15.9. The van der Waals surface area contributed by atoms with Gasteiger partial charge in [0.05, 0.1) is 11.5 Å². The van der Waals surface area contributed by atoms with E-state index in [9.17, 15) is 13.2 Å². The van der Waals surface area contributed by atoms with Crippen LogP contribution < -0.4 is 10.1 Å². The Morgan fingerprint density at radius 2 is 1.85 bits per heavy atom. The first-order chi connectivity index (χ1) is 15.9. The van der Waals surface area contributed by atoms with Crippen LogP contribution in [0, 0.1) is 0 Å². The predicted octanol–water partition coefficient (Wildman–Crippen LogP) is 4.09. The number of fused-ring (bicyclic) bond motifs is 1. The van der Waals surface area contributed by atoms with Gasteiger partial charge in [-0.1, -0.05) is 24.6 Å². The number of nitrogens with one attached hydrogen (secondary N) is 1. The second kappa shape index (κ2) is 9.97. The number of rotatable bonds is 8. The molecule has 8 heteroatoms. The third kappa shape index (κ3) is 4.91. The van der Waals surface area contributed by atoms with Crippen LogP contribution in [0.4, 0.5) is 0 Å². The molecule has 3 aromatic rings. The van der Waals surface area contributed by atoms with Gasteiger partial charge in [-0.15, -0.1) is 0 Å². The molecular formula is C25H31N3O4S. The molecule has 0 saturated carbocycles. The molecule has 176 valence electrons. The number of nitrogens with zero attached hydrogens (tertiary/aromatic N) is 2. The second-order valence-corrected chi connectivity index (χ2v) is 10.3. The molecule has 2 heterocycles. The van der Waals surface area contributed by atoms with Crippen LogP contribution in [0.1, 0.15) is 44.7 Å². The van der Waals surface area contributed by atoms with Crippen molar-refractivity contribution < 1.29 is 17.9 Å². The zero-order valence-corrected chi connectivity index (χ0v) is 20.0. The number of piperidine rings is 1. The molecule has 7 nitrogen and oxygen atoms in total. The van der Waals surface area contributed by atoms with E-state index in [0.29, 0.717) is 31.1 Å². The molecule has 0 bridgehead atoms. The van der Waals surface area contributed by atoms with Gasteiger partial charge in [0, 0.05) is 42.3 Å². The number of hydrogen-bond donors (Lipinski definition) is 1. The highest BCUT2D eigenvalue weighted by atomic mass is 32.2. The number of hydrogen-bond acceptors (Lipinski definition) is 4. The molecule has 1 aromatic heterocycles. The van der Waals surface area contributed by atoms with Crippen LogP contribution in [0.25, 0.3) is 10.9 Å². The van der Waals surface area contributed by atoms with Gasteiger partial charge >= 0.3 is 0 Å². The number of benzene rings is 2. The number of para-hydroxylation sites is 1. The Balaban J connectivity index is 1.50. The lowest BCUT2D eigenvalue weighted by molar-refractivity contribution is -0.123. The second-order valence-electron chi connectivity index (χ2n) is 8.34. The van der Waals surface area contributed by atoms with Crippen LogP contribution in [-0.4, -0.2) is 42.9 Å². The van der Waals surface area contributed by atoms with E-state index in [-0.39, 0.29) is 5.91 Å². The van der Waals surface area contributed by atoms with Crippen LogP contribution in [0.2, 0.25) is 0 Å². The molecule has 0 unspecified atom stereocenters. The molecule has 1 aliphatic rings. The van der Waals surface area contributed by atoms with Gasteiger partial charge < -0.3 is 14.6 Å². The Morgan fingerprint density at radius 1 is 1.09 bits per heavy atom. The minimum absolute atomic E-state index is 0.121. The monoisotopic (exact) mass is 469 g/mol. The van der Waals surface area contributed by atoms with Crippen LogP contribution >= 0.6 is 0 Å². The van der Waals surface area contributed by atoms with Gasteiger partial charge in [0.1, 0.15) is 11.8 Å². The minimum atomic E-state index is -3.50. The van der Waals surface area contributed by atoms with Crippen molar-refractivity contribution in [2.75, 3.05) is 19.7 Å². The third-order valence-corrected chi connectivity index (χ3v) is 8.06. The van der Waals surface area contributed by atoms with E-state index in [1.54, 1.807) is 22.5 Å². The molecule has 0 aliphatic carbocycles. The number of amides is 1. The third-order valence-electron chi connectivity index (χ3n) is 6.17. The van der Waals surface area contributed by atoms with Crippen LogP contribution in [-0.2, 0) is 21.4 Å². The first kappa shape index (κ1) is 23.3. The summed E-state index contributed by atoms with van der Waals surface area (Å²) in [5.74, 6) is 0.644. The standard InChI is InChI=1S/C25H31N3O4S/c1-3-32-24-10-6-5-9-21(24)18-26-25(29)19(2)28-16-13-20-17-22(11-12-23(20)28)33(30,31)27-14-7-4-8-15-27/h5-6,9-13,16-17,19H,3-4,7-8,14-15,18H2,1-2H3,(H,26,29)/t19-/m1/s1. The van der Waals surface area contributed by atoms with E-state index in [0.717, 1.165) is 41.5 Å². The summed E-state index contributed by atoms with van der Waals surface area (Å²) in [6.45, 7) is 5.85. The van der Waals surface area contributed by atoms with E-state index >= 15 is 0 Å². The maximum Gasteiger partial charge on any atom is 0.243 e. The highest BCUT2D eigenvalue weighted by Gasteiger charge is 2.26. The molecular weight excluding hydrogens is 438 g/mol. The summed E-state index contributed by atoms with van der Waals surface area (Å²) < 4.78 is 35.1. The first-order valence-corrected chi connectivity index (χ1v) is 12.9. The summed E-state index contributed by atoms with van der Waals surface area (Å²) in [5.41, 5.74) is 1.75. The van der Waals surface area contributed by atoms with Crippen molar-refractivity contribution in [1.29, 1.82) is 0 Å². The van der Waals surface area contributed by atoms with Gasteiger partial charge in [0.15, 0.2) is 0 Å². The van der Waals surface area contributed by atoms with Crippen LogP contribution in [0.3, 0.4) is 0 Å². The molecule has 1 aliphatic heterocycles. The number of aromatic nitrogens is 1. The maximum absolute atomic E-state index is 13.0. The Morgan fingerprint density at radius 3 is 2.61 bits per heavy atom.